The number of carboxylic acid groups (broad SMARTS) is 1. The molecule has 1 aliphatic rings. The summed E-state index contributed by atoms with van der Waals surface area (Å²) in [6, 6.07) is 4.37. The molecule has 4 heteroatoms. The van der Waals surface area contributed by atoms with Crippen molar-refractivity contribution in [2.24, 2.45) is 5.41 Å². The standard InChI is InChI=1S/C15H23NO2S/c1-15(2)8-4-3-7-13(15)16-11(10-14(17)18)12-6-5-9-19-12/h5-6,9,11,13,16H,3-4,7-8,10H2,1-2H3,(H,17,18). The molecular weight excluding hydrogens is 258 g/mol. The van der Waals surface area contributed by atoms with Crippen molar-refractivity contribution in [1.29, 1.82) is 0 Å². The van der Waals surface area contributed by atoms with E-state index in [0.717, 1.165) is 11.3 Å². The number of carboxylic acids is 1. The van der Waals surface area contributed by atoms with Crippen LogP contribution in [0.15, 0.2) is 17.5 Å². The fourth-order valence-electron chi connectivity index (χ4n) is 2.95. The molecule has 2 atom stereocenters. The number of hydrogen-bond donors (Lipinski definition) is 2. The Labute approximate surface area is 119 Å². The van der Waals surface area contributed by atoms with Gasteiger partial charge in [-0.25, -0.2) is 0 Å². The van der Waals surface area contributed by atoms with Crippen molar-refractivity contribution < 1.29 is 9.90 Å². The van der Waals surface area contributed by atoms with Crippen LogP contribution in [0.4, 0.5) is 0 Å². The van der Waals surface area contributed by atoms with E-state index in [9.17, 15) is 4.79 Å². The molecule has 1 saturated carbocycles. The first kappa shape index (κ1) is 14.5. The van der Waals surface area contributed by atoms with Crippen molar-refractivity contribution >= 4 is 17.3 Å². The molecular formula is C15H23NO2S. The second-order valence-corrected chi connectivity index (χ2v) is 7.10. The van der Waals surface area contributed by atoms with Gasteiger partial charge in [-0.2, -0.15) is 0 Å². The second-order valence-electron chi connectivity index (χ2n) is 6.12. The van der Waals surface area contributed by atoms with Crippen LogP contribution < -0.4 is 5.32 Å². The Bertz CT molecular complexity index is 414. The third-order valence-corrected chi connectivity index (χ3v) is 5.16. The maximum absolute atomic E-state index is 11.1. The van der Waals surface area contributed by atoms with E-state index in [0.29, 0.717) is 6.04 Å². The zero-order chi connectivity index (χ0) is 13.9. The lowest BCUT2D eigenvalue weighted by Gasteiger charge is -2.41. The Kier molecular flexibility index (Phi) is 4.63. The van der Waals surface area contributed by atoms with E-state index >= 15 is 0 Å². The van der Waals surface area contributed by atoms with E-state index < -0.39 is 5.97 Å². The third-order valence-electron chi connectivity index (χ3n) is 4.17. The molecule has 0 bridgehead atoms. The number of nitrogens with one attached hydrogen (secondary N) is 1. The fraction of sp³-hybridized carbons (Fsp3) is 0.667. The van der Waals surface area contributed by atoms with Crippen molar-refractivity contribution in [3.63, 3.8) is 0 Å². The average molecular weight is 281 g/mol. The number of hydrogen-bond acceptors (Lipinski definition) is 3. The summed E-state index contributed by atoms with van der Waals surface area (Å²) in [6.07, 6.45) is 5.05. The van der Waals surface area contributed by atoms with Gasteiger partial charge in [0.1, 0.15) is 0 Å². The minimum atomic E-state index is -0.737. The smallest absolute Gasteiger partial charge is 0.305 e. The minimum absolute atomic E-state index is 0.0557. The van der Waals surface area contributed by atoms with E-state index in [1.165, 1.54) is 19.3 Å². The number of rotatable bonds is 5. The summed E-state index contributed by atoms with van der Waals surface area (Å²) in [6.45, 7) is 4.58. The minimum Gasteiger partial charge on any atom is -0.481 e. The van der Waals surface area contributed by atoms with Gasteiger partial charge >= 0.3 is 5.97 Å². The maximum Gasteiger partial charge on any atom is 0.305 e. The van der Waals surface area contributed by atoms with Gasteiger partial charge in [0.25, 0.3) is 0 Å². The SMILES string of the molecule is CC1(C)CCCCC1NC(CC(=O)O)c1cccs1. The number of carbonyl (C=O) groups is 1. The molecule has 1 aliphatic carbocycles. The van der Waals surface area contributed by atoms with Crippen LogP contribution in [0, 0.1) is 5.41 Å². The van der Waals surface area contributed by atoms with Gasteiger partial charge in [-0.05, 0) is 29.7 Å². The van der Waals surface area contributed by atoms with Gasteiger partial charge < -0.3 is 10.4 Å². The molecule has 0 aliphatic heterocycles. The molecule has 106 valence electrons. The third kappa shape index (κ3) is 3.80. The molecule has 0 spiro atoms. The van der Waals surface area contributed by atoms with Gasteiger partial charge in [-0.15, -0.1) is 11.3 Å². The van der Waals surface area contributed by atoms with Crippen molar-refractivity contribution in [3.8, 4) is 0 Å². The summed E-state index contributed by atoms with van der Waals surface area (Å²) in [5.74, 6) is -0.737. The summed E-state index contributed by atoms with van der Waals surface area (Å²) in [7, 11) is 0. The Morgan fingerprint density at radius 3 is 2.95 bits per heavy atom. The Morgan fingerprint density at radius 2 is 2.37 bits per heavy atom. The van der Waals surface area contributed by atoms with Gasteiger partial charge in [0.05, 0.1) is 12.5 Å². The second kappa shape index (κ2) is 6.06. The van der Waals surface area contributed by atoms with Gasteiger partial charge in [-0.3, -0.25) is 4.79 Å². The van der Waals surface area contributed by atoms with E-state index in [-0.39, 0.29) is 17.9 Å². The average Bonchev–Trinajstić information content (AvgIpc) is 2.83. The normalized spacial score (nSPS) is 24.0. The van der Waals surface area contributed by atoms with Crippen LogP contribution in [-0.2, 0) is 4.79 Å². The molecule has 2 rings (SSSR count). The van der Waals surface area contributed by atoms with Crippen molar-refractivity contribution in [2.45, 2.75) is 58.0 Å². The first-order valence-corrected chi connectivity index (χ1v) is 7.88. The summed E-state index contributed by atoms with van der Waals surface area (Å²) in [5, 5.41) is 14.7. The van der Waals surface area contributed by atoms with Gasteiger partial charge in [0, 0.05) is 10.9 Å². The molecule has 0 aromatic carbocycles. The lowest BCUT2D eigenvalue weighted by Crippen LogP contribution is -2.45. The van der Waals surface area contributed by atoms with Crippen molar-refractivity contribution in [1.82, 2.24) is 5.32 Å². The Morgan fingerprint density at radius 1 is 1.58 bits per heavy atom. The maximum atomic E-state index is 11.1. The van der Waals surface area contributed by atoms with Crippen LogP contribution in [0.25, 0.3) is 0 Å². The van der Waals surface area contributed by atoms with Crippen molar-refractivity contribution in [2.75, 3.05) is 0 Å². The summed E-state index contributed by atoms with van der Waals surface area (Å²) in [4.78, 5) is 12.2. The topological polar surface area (TPSA) is 49.3 Å². The van der Waals surface area contributed by atoms with Crippen LogP contribution in [0.3, 0.4) is 0 Å². The Hall–Kier alpha value is -0.870. The summed E-state index contributed by atoms with van der Waals surface area (Å²) < 4.78 is 0. The van der Waals surface area contributed by atoms with Crippen LogP contribution in [-0.4, -0.2) is 17.1 Å². The summed E-state index contributed by atoms with van der Waals surface area (Å²) in [5.41, 5.74) is 0.256. The number of aliphatic carboxylic acids is 1. The highest BCUT2D eigenvalue weighted by Gasteiger charge is 2.34. The van der Waals surface area contributed by atoms with E-state index in [4.69, 9.17) is 5.11 Å². The van der Waals surface area contributed by atoms with E-state index in [1.54, 1.807) is 11.3 Å². The van der Waals surface area contributed by atoms with Gasteiger partial charge in [-0.1, -0.05) is 32.8 Å². The molecule has 19 heavy (non-hydrogen) atoms. The molecule has 0 radical (unpaired) electrons. The predicted octanol–water partition coefficient (Wildman–Crippen LogP) is 3.82. The number of thiophene rings is 1. The molecule has 1 heterocycles. The largest absolute Gasteiger partial charge is 0.481 e. The first-order chi connectivity index (χ1) is 8.99. The van der Waals surface area contributed by atoms with Crippen molar-refractivity contribution in [3.05, 3.63) is 22.4 Å². The molecule has 2 unspecified atom stereocenters. The van der Waals surface area contributed by atoms with E-state index in [1.807, 2.05) is 17.5 Å². The Balaban J connectivity index is 2.09. The molecule has 0 saturated heterocycles. The van der Waals surface area contributed by atoms with Gasteiger partial charge in [0.2, 0.25) is 0 Å². The zero-order valence-corrected chi connectivity index (χ0v) is 12.5. The zero-order valence-electron chi connectivity index (χ0n) is 11.7. The summed E-state index contributed by atoms with van der Waals surface area (Å²) >= 11 is 1.64. The van der Waals surface area contributed by atoms with Crippen LogP contribution in [0.2, 0.25) is 0 Å². The van der Waals surface area contributed by atoms with Crippen LogP contribution in [0.5, 0.6) is 0 Å². The fourth-order valence-corrected chi connectivity index (χ4v) is 3.74. The lowest BCUT2D eigenvalue weighted by molar-refractivity contribution is -0.137. The van der Waals surface area contributed by atoms with Gasteiger partial charge in [0.15, 0.2) is 0 Å². The highest BCUT2D eigenvalue weighted by Crippen LogP contribution is 2.37. The quantitative estimate of drug-likeness (QED) is 0.862. The lowest BCUT2D eigenvalue weighted by atomic mass is 9.73. The predicted molar refractivity (Wildman–Crippen MR) is 78.5 cm³/mol. The molecule has 1 aromatic heterocycles. The molecule has 2 N–H and O–H groups in total. The highest BCUT2D eigenvalue weighted by molar-refractivity contribution is 7.10. The van der Waals surface area contributed by atoms with Crippen LogP contribution in [0.1, 0.15) is 56.9 Å². The molecule has 0 amide bonds. The van der Waals surface area contributed by atoms with Crippen LogP contribution >= 0.6 is 11.3 Å². The van der Waals surface area contributed by atoms with E-state index in [2.05, 4.69) is 19.2 Å². The first-order valence-electron chi connectivity index (χ1n) is 7.00. The monoisotopic (exact) mass is 281 g/mol. The highest BCUT2D eigenvalue weighted by atomic mass is 32.1. The molecule has 1 aromatic rings. The molecule has 1 fully saturated rings. The molecule has 3 nitrogen and oxygen atoms in total.